The fraction of sp³-hybridized carbons (Fsp3) is 0.611. The van der Waals surface area contributed by atoms with Crippen LogP contribution in [0, 0.1) is 0 Å². The summed E-state index contributed by atoms with van der Waals surface area (Å²) in [7, 11) is 2.01. The average Bonchev–Trinajstić information content (AvgIpc) is 3.18. The van der Waals surface area contributed by atoms with Gasteiger partial charge in [0.25, 0.3) is 0 Å². The molecule has 2 atom stereocenters. The Kier molecular flexibility index (Phi) is 4.79. The van der Waals surface area contributed by atoms with Crippen molar-refractivity contribution in [3.63, 3.8) is 0 Å². The van der Waals surface area contributed by atoms with E-state index < -0.39 is 12.1 Å². The molecule has 4 heteroatoms. The van der Waals surface area contributed by atoms with Crippen molar-refractivity contribution in [3.8, 4) is 0 Å². The van der Waals surface area contributed by atoms with Crippen molar-refractivity contribution < 1.29 is 14.6 Å². The summed E-state index contributed by atoms with van der Waals surface area (Å²) in [5, 5.41) is 10.5. The molecule has 1 saturated heterocycles. The molecule has 1 N–H and O–H groups in total. The molecule has 22 heavy (non-hydrogen) atoms. The van der Waals surface area contributed by atoms with Gasteiger partial charge in [0.05, 0.1) is 0 Å². The van der Waals surface area contributed by atoms with Gasteiger partial charge in [0, 0.05) is 13.1 Å². The number of carbonyl (C=O) groups is 1. The molecule has 1 saturated carbocycles. The van der Waals surface area contributed by atoms with Crippen molar-refractivity contribution in [2.24, 2.45) is 0 Å². The molecule has 1 aliphatic heterocycles. The van der Waals surface area contributed by atoms with E-state index in [2.05, 4.69) is 4.90 Å². The first-order chi connectivity index (χ1) is 10.6. The standard InChI is InChI=1S/C18H25NO3/c1-19-11-10-14(12-19)22-18(21)17(20)16-9-5-4-8-15(16)13-6-2-3-7-13/h4-5,8-9,13-14,17,20H,2-3,6-7,10-12H2,1H3/t14-,17+/m0/s1. The largest absolute Gasteiger partial charge is 0.459 e. The maximum atomic E-state index is 12.3. The first kappa shape index (κ1) is 15.5. The predicted molar refractivity (Wildman–Crippen MR) is 84.6 cm³/mol. The second kappa shape index (κ2) is 6.80. The van der Waals surface area contributed by atoms with E-state index in [0.29, 0.717) is 5.92 Å². The van der Waals surface area contributed by atoms with Crippen LogP contribution < -0.4 is 0 Å². The van der Waals surface area contributed by atoms with Gasteiger partial charge < -0.3 is 14.7 Å². The fourth-order valence-corrected chi connectivity index (χ4v) is 3.71. The van der Waals surface area contributed by atoms with Crippen molar-refractivity contribution >= 4 is 5.97 Å². The first-order valence-electron chi connectivity index (χ1n) is 8.31. The molecule has 0 amide bonds. The number of ether oxygens (including phenoxy) is 1. The highest BCUT2D eigenvalue weighted by Gasteiger charge is 2.30. The summed E-state index contributed by atoms with van der Waals surface area (Å²) in [6.07, 6.45) is 4.34. The number of aliphatic hydroxyl groups is 1. The van der Waals surface area contributed by atoms with Crippen LogP contribution in [0.5, 0.6) is 0 Å². The summed E-state index contributed by atoms with van der Waals surface area (Å²) >= 11 is 0. The second-order valence-electron chi connectivity index (χ2n) is 6.62. The normalized spacial score (nSPS) is 24.5. The molecule has 0 spiro atoms. The molecule has 0 bridgehead atoms. The van der Waals surface area contributed by atoms with E-state index in [1.807, 2.05) is 31.3 Å². The highest BCUT2D eigenvalue weighted by atomic mass is 16.6. The highest BCUT2D eigenvalue weighted by Crippen LogP contribution is 2.37. The van der Waals surface area contributed by atoms with Crippen LogP contribution in [0.2, 0.25) is 0 Å². The Labute approximate surface area is 132 Å². The topological polar surface area (TPSA) is 49.8 Å². The van der Waals surface area contributed by atoms with Gasteiger partial charge >= 0.3 is 5.97 Å². The SMILES string of the molecule is CN1CC[C@H](OC(=O)[C@H](O)c2ccccc2C2CCCC2)C1. The Morgan fingerprint density at radius 1 is 1.27 bits per heavy atom. The van der Waals surface area contributed by atoms with Crippen LogP contribution in [-0.4, -0.2) is 42.2 Å². The molecular weight excluding hydrogens is 278 g/mol. The lowest BCUT2D eigenvalue weighted by Crippen LogP contribution is -2.26. The van der Waals surface area contributed by atoms with Crippen LogP contribution in [0.15, 0.2) is 24.3 Å². The number of likely N-dealkylation sites (tertiary alicyclic amines) is 1. The lowest BCUT2D eigenvalue weighted by atomic mass is 9.90. The Morgan fingerprint density at radius 3 is 2.68 bits per heavy atom. The zero-order valence-electron chi connectivity index (χ0n) is 13.2. The van der Waals surface area contributed by atoms with Crippen LogP contribution >= 0.6 is 0 Å². The summed E-state index contributed by atoms with van der Waals surface area (Å²) in [5.41, 5.74) is 1.85. The number of esters is 1. The molecule has 1 aromatic rings. The third-order valence-corrected chi connectivity index (χ3v) is 4.94. The van der Waals surface area contributed by atoms with Gasteiger partial charge in [-0.1, -0.05) is 37.1 Å². The van der Waals surface area contributed by atoms with E-state index in [1.54, 1.807) is 0 Å². The predicted octanol–water partition coefficient (Wildman–Crippen LogP) is 2.62. The van der Waals surface area contributed by atoms with Crippen LogP contribution in [0.1, 0.15) is 55.3 Å². The van der Waals surface area contributed by atoms with Gasteiger partial charge in [0.2, 0.25) is 0 Å². The number of likely N-dealkylation sites (N-methyl/N-ethyl adjacent to an activating group) is 1. The van der Waals surface area contributed by atoms with Crippen molar-refractivity contribution in [3.05, 3.63) is 35.4 Å². The van der Waals surface area contributed by atoms with E-state index in [-0.39, 0.29) is 6.10 Å². The van der Waals surface area contributed by atoms with Crippen molar-refractivity contribution in [1.82, 2.24) is 4.90 Å². The minimum atomic E-state index is -1.16. The third-order valence-electron chi connectivity index (χ3n) is 4.94. The number of hydrogen-bond acceptors (Lipinski definition) is 4. The minimum absolute atomic E-state index is 0.0919. The molecule has 0 unspecified atom stereocenters. The molecular formula is C18H25NO3. The quantitative estimate of drug-likeness (QED) is 0.869. The van der Waals surface area contributed by atoms with E-state index in [1.165, 1.54) is 12.8 Å². The average molecular weight is 303 g/mol. The molecule has 1 aliphatic carbocycles. The molecule has 120 valence electrons. The molecule has 2 aliphatic rings. The van der Waals surface area contributed by atoms with Crippen molar-refractivity contribution in [2.75, 3.05) is 20.1 Å². The second-order valence-corrected chi connectivity index (χ2v) is 6.62. The molecule has 0 radical (unpaired) electrons. The zero-order valence-corrected chi connectivity index (χ0v) is 13.2. The number of rotatable bonds is 4. The number of hydrogen-bond donors (Lipinski definition) is 1. The van der Waals surface area contributed by atoms with E-state index >= 15 is 0 Å². The number of benzene rings is 1. The highest BCUT2D eigenvalue weighted by molar-refractivity contribution is 5.77. The van der Waals surface area contributed by atoms with E-state index in [4.69, 9.17) is 4.74 Å². The molecule has 0 aromatic heterocycles. The van der Waals surface area contributed by atoms with Gasteiger partial charge in [0.15, 0.2) is 6.10 Å². The lowest BCUT2D eigenvalue weighted by molar-refractivity contribution is -0.158. The number of nitrogens with zero attached hydrogens (tertiary/aromatic N) is 1. The van der Waals surface area contributed by atoms with Crippen molar-refractivity contribution in [1.29, 1.82) is 0 Å². The van der Waals surface area contributed by atoms with E-state index in [9.17, 15) is 9.90 Å². The van der Waals surface area contributed by atoms with Crippen LogP contribution in [0.25, 0.3) is 0 Å². The Hall–Kier alpha value is -1.39. The Morgan fingerprint density at radius 2 is 2.00 bits per heavy atom. The summed E-state index contributed by atoms with van der Waals surface area (Å²) in [6, 6.07) is 7.78. The van der Waals surface area contributed by atoms with Crippen LogP contribution in [0.4, 0.5) is 0 Å². The summed E-state index contributed by atoms with van der Waals surface area (Å²) in [5.74, 6) is -0.0398. The molecule has 3 rings (SSSR count). The van der Waals surface area contributed by atoms with Gasteiger partial charge in [-0.3, -0.25) is 0 Å². The maximum absolute atomic E-state index is 12.3. The van der Waals surface area contributed by atoms with Gasteiger partial charge in [0.1, 0.15) is 6.10 Å². The van der Waals surface area contributed by atoms with E-state index in [0.717, 1.165) is 43.5 Å². The number of aliphatic hydroxyl groups excluding tert-OH is 1. The molecule has 1 heterocycles. The smallest absolute Gasteiger partial charge is 0.339 e. The molecule has 1 aromatic carbocycles. The zero-order chi connectivity index (χ0) is 15.5. The lowest BCUT2D eigenvalue weighted by Gasteiger charge is -2.20. The maximum Gasteiger partial charge on any atom is 0.339 e. The van der Waals surface area contributed by atoms with Crippen LogP contribution in [-0.2, 0) is 9.53 Å². The summed E-state index contributed by atoms with van der Waals surface area (Å²) in [6.45, 7) is 1.69. The minimum Gasteiger partial charge on any atom is -0.459 e. The summed E-state index contributed by atoms with van der Waals surface area (Å²) < 4.78 is 5.48. The van der Waals surface area contributed by atoms with Crippen molar-refractivity contribution in [2.45, 2.75) is 50.2 Å². The molecule has 4 nitrogen and oxygen atoms in total. The Balaban J connectivity index is 1.71. The fourth-order valence-electron chi connectivity index (χ4n) is 3.71. The van der Waals surface area contributed by atoms with Gasteiger partial charge in [-0.2, -0.15) is 0 Å². The van der Waals surface area contributed by atoms with Gasteiger partial charge in [-0.25, -0.2) is 4.79 Å². The molecule has 2 fully saturated rings. The first-order valence-corrected chi connectivity index (χ1v) is 8.31. The Bertz CT molecular complexity index is 525. The van der Waals surface area contributed by atoms with Gasteiger partial charge in [-0.15, -0.1) is 0 Å². The summed E-state index contributed by atoms with van der Waals surface area (Å²) in [4.78, 5) is 14.4. The third kappa shape index (κ3) is 3.33. The van der Waals surface area contributed by atoms with Gasteiger partial charge in [-0.05, 0) is 43.4 Å². The monoisotopic (exact) mass is 303 g/mol. The van der Waals surface area contributed by atoms with Crippen LogP contribution in [0.3, 0.4) is 0 Å². The number of carbonyl (C=O) groups excluding carboxylic acids is 1.